The molecular weight excluding hydrogens is 345 g/mol. The first-order valence-electron chi connectivity index (χ1n) is 8.59. The fourth-order valence-electron chi connectivity index (χ4n) is 3.49. The van der Waals surface area contributed by atoms with Crippen molar-refractivity contribution in [2.24, 2.45) is 7.05 Å². The van der Waals surface area contributed by atoms with E-state index in [1.807, 2.05) is 0 Å². The van der Waals surface area contributed by atoms with Gasteiger partial charge in [-0.05, 0) is 25.0 Å². The minimum atomic E-state index is -4.29. The highest BCUT2D eigenvalue weighted by Crippen LogP contribution is 2.42. The summed E-state index contributed by atoms with van der Waals surface area (Å²) in [5, 5.41) is 4.42. The van der Waals surface area contributed by atoms with Crippen LogP contribution in [0.5, 0.6) is 0 Å². The van der Waals surface area contributed by atoms with E-state index in [9.17, 15) is 18.0 Å². The molecule has 0 atom stereocenters. The predicted molar refractivity (Wildman–Crippen MR) is 91.6 cm³/mol. The van der Waals surface area contributed by atoms with Crippen LogP contribution in [0.3, 0.4) is 0 Å². The molecule has 0 N–H and O–H groups in total. The first kappa shape index (κ1) is 16.9. The molecule has 4 rings (SSSR count). The molecule has 1 fully saturated rings. The lowest BCUT2D eigenvalue weighted by Crippen LogP contribution is -2.47. The van der Waals surface area contributed by atoms with Crippen LogP contribution in [0.15, 0.2) is 30.5 Å². The molecule has 1 amide bonds. The molecular formula is C18H19F3N4O. The van der Waals surface area contributed by atoms with Gasteiger partial charge in [0.1, 0.15) is 6.54 Å². The zero-order valence-corrected chi connectivity index (χ0v) is 14.3. The number of hydrogen-bond donors (Lipinski definition) is 0. The van der Waals surface area contributed by atoms with Gasteiger partial charge in [0.2, 0.25) is 0 Å². The van der Waals surface area contributed by atoms with Gasteiger partial charge < -0.3 is 9.80 Å². The van der Waals surface area contributed by atoms with Gasteiger partial charge in [0.25, 0.3) is 5.91 Å². The smallest absolute Gasteiger partial charge is 0.359 e. The van der Waals surface area contributed by atoms with Crippen LogP contribution in [0.4, 0.5) is 24.5 Å². The lowest BCUT2D eigenvalue weighted by Gasteiger charge is -2.38. The number of para-hydroxylation sites is 2. The average molecular weight is 364 g/mol. The summed E-state index contributed by atoms with van der Waals surface area (Å²) in [6.07, 6.45) is -0.539. The normalized spacial score (nSPS) is 17.4. The number of carbonyl (C=O) groups is 1. The van der Waals surface area contributed by atoms with Gasteiger partial charge in [0.05, 0.1) is 22.6 Å². The van der Waals surface area contributed by atoms with E-state index in [-0.39, 0.29) is 19.0 Å². The molecule has 1 saturated carbocycles. The Labute approximate surface area is 149 Å². The third kappa shape index (κ3) is 3.15. The van der Waals surface area contributed by atoms with Crippen molar-refractivity contribution < 1.29 is 18.0 Å². The number of hydrogen-bond acceptors (Lipinski definition) is 3. The number of halogens is 3. The number of benzene rings is 1. The lowest BCUT2D eigenvalue weighted by molar-refractivity contribution is -0.119. The molecule has 2 aromatic rings. The minimum Gasteiger partial charge on any atom is -0.359 e. The standard InChI is InChI=1S/C18H19F3N4O/c1-23-10-13(16(22-23)12-6-7-12)17(26)25-9-8-24(11-18(19,20)21)14-4-2-3-5-15(14)25/h2-5,10,12H,6-9,11H2,1H3. The third-order valence-electron chi connectivity index (χ3n) is 4.77. The van der Waals surface area contributed by atoms with E-state index < -0.39 is 12.7 Å². The maximum atomic E-state index is 13.2. The Hall–Kier alpha value is -2.51. The van der Waals surface area contributed by atoms with Crippen molar-refractivity contribution in [1.29, 1.82) is 0 Å². The molecule has 1 aliphatic heterocycles. The van der Waals surface area contributed by atoms with Gasteiger partial charge in [-0.2, -0.15) is 18.3 Å². The molecule has 26 heavy (non-hydrogen) atoms. The Kier molecular flexibility index (Phi) is 3.93. The molecule has 0 bridgehead atoms. The number of aryl methyl sites for hydroxylation is 1. The quantitative estimate of drug-likeness (QED) is 0.839. The highest BCUT2D eigenvalue weighted by atomic mass is 19.4. The molecule has 1 aromatic heterocycles. The van der Waals surface area contributed by atoms with Gasteiger partial charge in [-0.3, -0.25) is 9.48 Å². The van der Waals surface area contributed by atoms with Crippen molar-refractivity contribution in [1.82, 2.24) is 9.78 Å². The molecule has 1 aromatic carbocycles. The third-order valence-corrected chi connectivity index (χ3v) is 4.77. The van der Waals surface area contributed by atoms with Crippen LogP contribution in [-0.4, -0.2) is 41.5 Å². The van der Waals surface area contributed by atoms with E-state index in [1.54, 1.807) is 47.1 Å². The van der Waals surface area contributed by atoms with Crippen LogP contribution < -0.4 is 9.80 Å². The summed E-state index contributed by atoms with van der Waals surface area (Å²) in [6.45, 7) is -0.668. The topological polar surface area (TPSA) is 41.4 Å². The van der Waals surface area contributed by atoms with Crippen molar-refractivity contribution in [3.05, 3.63) is 41.7 Å². The summed E-state index contributed by atoms with van der Waals surface area (Å²) in [5.74, 6) is 0.121. The van der Waals surface area contributed by atoms with Crippen LogP contribution in [-0.2, 0) is 7.05 Å². The van der Waals surface area contributed by atoms with E-state index in [4.69, 9.17) is 0 Å². The summed E-state index contributed by atoms with van der Waals surface area (Å²) in [6, 6.07) is 6.76. The fraction of sp³-hybridized carbons (Fsp3) is 0.444. The van der Waals surface area contributed by atoms with E-state index in [1.165, 1.54) is 4.90 Å². The number of alkyl halides is 3. The minimum absolute atomic E-state index is 0.140. The van der Waals surface area contributed by atoms with Crippen LogP contribution >= 0.6 is 0 Å². The number of nitrogens with zero attached hydrogens (tertiary/aromatic N) is 4. The molecule has 8 heteroatoms. The second-order valence-corrected chi connectivity index (χ2v) is 6.86. The van der Waals surface area contributed by atoms with Gasteiger partial charge in [-0.15, -0.1) is 0 Å². The van der Waals surface area contributed by atoms with Crippen molar-refractivity contribution in [2.45, 2.75) is 24.9 Å². The summed E-state index contributed by atoms with van der Waals surface area (Å²) >= 11 is 0. The van der Waals surface area contributed by atoms with Crippen molar-refractivity contribution in [2.75, 3.05) is 29.4 Å². The van der Waals surface area contributed by atoms with Crippen molar-refractivity contribution in [3.63, 3.8) is 0 Å². The summed E-state index contributed by atoms with van der Waals surface area (Å²) in [7, 11) is 1.78. The Bertz CT molecular complexity index is 841. The van der Waals surface area contributed by atoms with Crippen LogP contribution in [0.2, 0.25) is 0 Å². The Morgan fingerprint density at radius 1 is 1.19 bits per heavy atom. The van der Waals surface area contributed by atoms with Gasteiger partial charge >= 0.3 is 6.18 Å². The number of amides is 1. The second-order valence-electron chi connectivity index (χ2n) is 6.86. The van der Waals surface area contributed by atoms with Gasteiger partial charge in [0.15, 0.2) is 0 Å². The Balaban J connectivity index is 1.67. The van der Waals surface area contributed by atoms with Crippen LogP contribution in [0, 0.1) is 0 Å². The maximum absolute atomic E-state index is 13.2. The molecule has 0 radical (unpaired) electrons. The van der Waals surface area contributed by atoms with Crippen LogP contribution in [0.1, 0.15) is 34.8 Å². The fourth-order valence-corrected chi connectivity index (χ4v) is 3.49. The van der Waals surface area contributed by atoms with E-state index in [0.717, 1.165) is 18.5 Å². The zero-order valence-electron chi connectivity index (χ0n) is 14.3. The molecule has 0 unspecified atom stereocenters. The number of rotatable bonds is 3. The van der Waals surface area contributed by atoms with Crippen molar-refractivity contribution in [3.8, 4) is 0 Å². The summed E-state index contributed by atoms with van der Waals surface area (Å²) < 4.78 is 40.3. The molecule has 0 saturated heterocycles. The van der Waals surface area contributed by atoms with Gasteiger partial charge in [0, 0.05) is 32.3 Å². The Morgan fingerprint density at radius 2 is 1.88 bits per heavy atom. The summed E-state index contributed by atoms with van der Waals surface area (Å²) in [5.41, 5.74) is 2.29. The van der Waals surface area contributed by atoms with E-state index in [0.29, 0.717) is 22.9 Å². The van der Waals surface area contributed by atoms with Gasteiger partial charge in [-0.25, -0.2) is 0 Å². The molecule has 5 nitrogen and oxygen atoms in total. The molecule has 0 spiro atoms. The van der Waals surface area contributed by atoms with Gasteiger partial charge in [-0.1, -0.05) is 12.1 Å². The highest BCUT2D eigenvalue weighted by Gasteiger charge is 2.37. The molecule has 1 aliphatic carbocycles. The van der Waals surface area contributed by atoms with Crippen molar-refractivity contribution >= 4 is 17.3 Å². The first-order valence-corrected chi connectivity index (χ1v) is 8.59. The van der Waals surface area contributed by atoms with E-state index in [2.05, 4.69) is 5.10 Å². The average Bonchev–Trinajstić information content (AvgIpc) is 3.35. The molecule has 138 valence electrons. The van der Waals surface area contributed by atoms with E-state index >= 15 is 0 Å². The SMILES string of the molecule is Cn1cc(C(=O)N2CCN(CC(F)(F)F)c3ccccc32)c(C2CC2)n1. The number of anilines is 2. The second kappa shape index (κ2) is 6.03. The monoisotopic (exact) mass is 364 g/mol. The first-order chi connectivity index (χ1) is 12.3. The number of carbonyl (C=O) groups excluding carboxylic acids is 1. The van der Waals surface area contributed by atoms with Crippen LogP contribution in [0.25, 0.3) is 0 Å². The maximum Gasteiger partial charge on any atom is 0.405 e. The zero-order chi connectivity index (χ0) is 18.5. The number of aromatic nitrogens is 2. The largest absolute Gasteiger partial charge is 0.405 e. The predicted octanol–water partition coefficient (Wildman–Crippen LogP) is 3.33. The number of fused-ring (bicyclic) bond motifs is 1. The summed E-state index contributed by atoms with van der Waals surface area (Å²) in [4.78, 5) is 16.0. The molecule has 2 heterocycles. The molecule has 2 aliphatic rings. The lowest BCUT2D eigenvalue weighted by atomic mass is 10.1. The highest BCUT2D eigenvalue weighted by molar-refractivity contribution is 6.09. The Morgan fingerprint density at radius 3 is 2.54 bits per heavy atom.